The Balaban J connectivity index is 0.800. The summed E-state index contributed by atoms with van der Waals surface area (Å²) in [6.45, 7) is 6.17. The SMILES string of the molecule is O=C1CCC(N2Cc3cc(C4CCN(Cc5ccc(N6CCC(Nc7ncc8c(n7)OCCC8)CC6)cc5)CC4)ccc3C2=O)C(=O)N1. The summed E-state index contributed by atoms with van der Waals surface area (Å²) < 4.78 is 5.72. The van der Waals surface area contributed by atoms with E-state index >= 15 is 0 Å². The topological polar surface area (TPSA) is 120 Å². The number of rotatable bonds is 7. The van der Waals surface area contributed by atoms with Gasteiger partial charge in [-0.05, 0) is 98.8 Å². The molecular formula is C37H43N7O4. The van der Waals surface area contributed by atoms with Crippen LogP contribution in [0, 0.1) is 0 Å². The Labute approximate surface area is 281 Å². The number of carbonyl (C=O) groups excluding carboxylic acids is 3. The molecule has 5 aliphatic rings. The van der Waals surface area contributed by atoms with Crippen molar-refractivity contribution in [1.29, 1.82) is 0 Å². The van der Waals surface area contributed by atoms with Gasteiger partial charge in [0.15, 0.2) is 0 Å². The molecule has 0 bridgehead atoms. The Morgan fingerprint density at radius 2 is 1.71 bits per heavy atom. The second-order valence-corrected chi connectivity index (χ2v) is 13.9. The van der Waals surface area contributed by atoms with Crippen molar-refractivity contribution in [1.82, 2.24) is 25.1 Å². The Morgan fingerprint density at radius 3 is 2.50 bits per heavy atom. The summed E-state index contributed by atoms with van der Waals surface area (Å²) in [5.74, 6) is 1.12. The second-order valence-electron chi connectivity index (χ2n) is 13.9. The Hall–Kier alpha value is -4.51. The highest BCUT2D eigenvalue weighted by atomic mass is 16.5. The number of anilines is 2. The molecule has 0 radical (unpaired) electrons. The molecule has 2 aromatic carbocycles. The van der Waals surface area contributed by atoms with Crippen LogP contribution in [0.1, 0.15) is 83.5 Å². The third kappa shape index (κ3) is 6.35. The fraction of sp³-hybridized carbons (Fsp3) is 0.486. The molecule has 11 heteroatoms. The first kappa shape index (κ1) is 30.8. The molecule has 2 N–H and O–H groups in total. The normalized spacial score (nSPS) is 22.2. The minimum absolute atomic E-state index is 0.111. The fourth-order valence-corrected chi connectivity index (χ4v) is 8.00. The minimum atomic E-state index is -0.574. The number of carbonyl (C=O) groups is 3. The molecule has 0 saturated carbocycles. The van der Waals surface area contributed by atoms with E-state index in [1.807, 2.05) is 12.3 Å². The van der Waals surface area contributed by atoms with Crippen molar-refractivity contribution >= 4 is 29.4 Å². The number of aromatic nitrogens is 2. The maximum absolute atomic E-state index is 13.1. The number of amides is 3. The van der Waals surface area contributed by atoms with E-state index in [1.54, 1.807) is 4.90 Å². The third-order valence-electron chi connectivity index (χ3n) is 10.8. The highest BCUT2D eigenvalue weighted by Crippen LogP contribution is 2.34. The van der Waals surface area contributed by atoms with Crippen LogP contribution in [0.4, 0.5) is 11.6 Å². The zero-order chi connectivity index (χ0) is 32.6. The van der Waals surface area contributed by atoms with Crippen molar-refractivity contribution in [2.75, 3.05) is 43.0 Å². The number of hydrogen-bond acceptors (Lipinski definition) is 9. The van der Waals surface area contributed by atoms with Gasteiger partial charge in [-0.15, -0.1) is 0 Å². The molecule has 1 aromatic heterocycles. The molecule has 3 saturated heterocycles. The van der Waals surface area contributed by atoms with Crippen molar-refractivity contribution in [2.24, 2.45) is 0 Å². The van der Waals surface area contributed by atoms with Gasteiger partial charge < -0.3 is 19.9 Å². The zero-order valence-electron chi connectivity index (χ0n) is 27.3. The summed E-state index contributed by atoms with van der Waals surface area (Å²) in [6, 6.07) is 15.1. The van der Waals surface area contributed by atoms with Gasteiger partial charge in [-0.1, -0.05) is 24.3 Å². The van der Waals surface area contributed by atoms with Crippen LogP contribution in [0.15, 0.2) is 48.7 Å². The van der Waals surface area contributed by atoms with Crippen LogP contribution >= 0.6 is 0 Å². The van der Waals surface area contributed by atoms with Crippen LogP contribution in [-0.4, -0.2) is 82.4 Å². The van der Waals surface area contributed by atoms with Crippen molar-refractivity contribution in [3.8, 4) is 5.88 Å². The number of imide groups is 1. The maximum atomic E-state index is 13.1. The summed E-state index contributed by atoms with van der Waals surface area (Å²) in [4.78, 5) is 52.9. The number of nitrogens with one attached hydrogen (secondary N) is 2. The molecule has 5 aliphatic heterocycles. The molecule has 11 nitrogen and oxygen atoms in total. The van der Waals surface area contributed by atoms with E-state index in [2.05, 4.69) is 66.8 Å². The maximum Gasteiger partial charge on any atom is 0.255 e. The predicted molar refractivity (Wildman–Crippen MR) is 181 cm³/mol. The van der Waals surface area contributed by atoms with Crippen LogP contribution in [0.25, 0.3) is 0 Å². The minimum Gasteiger partial charge on any atom is -0.477 e. The Bertz CT molecular complexity index is 1700. The number of hydrogen-bond donors (Lipinski definition) is 2. The zero-order valence-corrected chi connectivity index (χ0v) is 27.3. The van der Waals surface area contributed by atoms with Gasteiger partial charge in [-0.3, -0.25) is 24.6 Å². The van der Waals surface area contributed by atoms with Gasteiger partial charge in [-0.25, -0.2) is 4.98 Å². The summed E-state index contributed by atoms with van der Waals surface area (Å²) in [6.07, 6.45) is 8.81. The number of likely N-dealkylation sites (tertiary alicyclic amines) is 1. The van der Waals surface area contributed by atoms with Crippen LogP contribution in [-0.2, 0) is 29.1 Å². The van der Waals surface area contributed by atoms with Crippen LogP contribution < -0.4 is 20.3 Å². The van der Waals surface area contributed by atoms with Crippen molar-refractivity contribution < 1.29 is 19.1 Å². The molecule has 1 unspecified atom stereocenters. The van der Waals surface area contributed by atoms with Crippen LogP contribution in [0.5, 0.6) is 5.88 Å². The number of ether oxygens (including phenoxy) is 1. The molecular weight excluding hydrogens is 606 g/mol. The lowest BCUT2D eigenvalue weighted by Gasteiger charge is -2.34. The lowest BCUT2D eigenvalue weighted by Crippen LogP contribution is -2.52. The van der Waals surface area contributed by atoms with Gasteiger partial charge in [0.25, 0.3) is 5.91 Å². The third-order valence-corrected chi connectivity index (χ3v) is 10.8. The fourth-order valence-electron chi connectivity index (χ4n) is 8.00. The molecule has 1 atom stereocenters. The molecule has 0 aliphatic carbocycles. The van der Waals surface area contributed by atoms with Crippen molar-refractivity contribution in [3.05, 3.63) is 76.5 Å². The lowest BCUT2D eigenvalue weighted by molar-refractivity contribution is -0.136. The summed E-state index contributed by atoms with van der Waals surface area (Å²) in [5.41, 5.74) is 6.67. The number of aryl methyl sites for hydroxylation is 1. The predicted octanol–water partition coefficient (Wildman–Crippen LogP) is 4.02. The molecule has 48 heavy (non-hydrogen) atoms. The van der Waals surface area contributed by atoms with Gasteiger partial charge in [0.1, 0.15) is 6.04 Å². The molecule has 8 rings (SSSR count). The lowest BCUT2D eigenvalue weighted by atomic mass is 9.87. The Morgan fingerprint density at radius 1 is 0.896 bits per heavy atom. The first-order chi connectivity index (χ1) is 23.5. The first-order valence-corrected chi connectivity index (χ1v) is 17.6. The van der Waals surface area contributed by atoms with Gasteiger partial charge in [0.2, 0.25) is 23.6 Å². The summed E-state index contributed by atoms with van der Waals surface area (Å²) in [7, 11) is 0. The number of nitrogens with zero attached hydrogens (tertiary/aromatic N) is 5. The molecule has 3 aromatic rings. The van der Waals surface area contributed by atoms with Gasteiger partial charge in [0, 0.05) is 61.7 Å². The van der Waals surface area contributed by atoms with E-state index in [0.29, 0.717) is 36.4 Å². The van der Waals surface area contributed by atoms with Crippen LogP contribution in [0.2, 0.25) is 0 Å². The second kappa shape index (κ2) is 13.2. The van der Waals surface area contributed by atoms with Crippen molar-refractivity contribution in [3.63, 3.8) is 0 Å². The van der Waals surface area contributed by atoms with Crippen molar-refractivity contribution in [2.45, 2.75) is 82.5 Å². The summed E-state index contributed by atoms with van der Waals surface area (Å²) >= 11 is 0. The molecule has 3 amide bonds. The quantitative estimate of drug-likeness (QED) is 0.366. The number of piperidine rings is 3. The van der Waals surface area contributed by atoms with Gasteiger partial charge >= 0.3 is 0 Å². The van der Waals surface area contributed by atoms with Gasteiger partial charge in [-0.2, -0.15) is 4.98 Å². The smallest absolute Gasteiger partial charge is 0.255 e. The Kier molecular flexibility index (Phi) is 8.46. The van der Waals surface area contributed by atoms with Gasteiger partial charge in [0.05, 0.1) is 6.61 Å². The highest BCUT2D eigenvalue weighted by Gasteiger charge is 2.39. The monoisotopic (exact) mass is 649 g/mol. The average Bonchev–Trinajstić information content (AvgIpc) is 3.44. The van der Waals surface area contributed by atoms with E-state index in [1.165, 1.54) is 16.8 Å². The molecule has 6 heterocycles. The summed E-state index contributed by atoms with van der Waals surface area (Å²) in [5, 5.41) is 5.91. The molecule has 3 fully saturated rings. The van der Waals surface area contributed by atoms with E-state index in [9.17, 15) is 14.4 Å². The number of benzene rings is 2. The number of fused-ring (bicyclic) bond motifs is 2. The highest BCUT2D eigenvalue weighted by molar-refractivity contribution is 6.05. The van der Waals surface area contributed by atoms with Crippen LogP contribution in [0.3, 0.4) is 0 Å². The van der Waals surface area contributed by atoms with E-state index in [-0.39, 0.29) is 24.1 Å². The standard InChI is InChI=1S/C37H43N7O4/c45-33-10-9-32(34(46)40-33)44-23-28-20-26(5-8-31(28)36(44)47)25-11-15-42(16-12-25)22-24-3-6-30(7-4-24)43-17-13-29(14-18-43)39-37-38-21-27-2-1-19-48-35(27)41-37/h3-8,20-21,25,29,32H,1-2,9-19,22-23H2,(H,38,39,41)(H,40,45,46). The molecule has 0 spiro atoms. The molecule has 250 valence electrons. The van der Waals surface area contributed by atoms with E-state index in [4.69, 9.17) is 4.74 Å². The first-order valence-electron chi connectivity index (χ1n) is 17.6. The largest absolute Gasteiger partial charge is 0.477 e. The van der Waals surface area contributed by atoms with E-state index < -0.39 is 6.04 Å². The van der Waals surface area contributed by atoms with E-state index in [0.717, 1.165) is 94.9 Å². The average molecular weight is 650 g/mol.